The van der Waals surface area contributed by atoms with Gasteiger partial charge in [-0.15, -0.1) is 0 Å². The van der Waals surface area contributed by atoms with Crippen LogP contribution in [-0.2, 0) is 20.7 Å². The number of rotatable bonds is 5. The Kier molecular flexibility index (Phi) is 6.64. The smallest absolute Gasteiger partial charge is 0.350 e. The van der Waals surface area contributed by atoms with Crippen molar-refractivity contribution in [3.8, 4) is 0 Å². The van der Waals surface area contributed by atoms with Crippen molar-refractivity contribution in [2.75, 3.05) is 6.61 Å². The maximum absolute atomic E-state index is 13.4. The molecule has 0 radical (unpaired) electrons. The molecule has 3 rings (SSSR count). The van der Waals surface area contributed by atoms with Gasteiger partial charge in [-0.1, -0.05) is 41.1 Å². The molecular weight excluding hydrogens is 447 g/mol. The number of esters is 2. The Hall–Kier alpha value is -2.74. The van der Waals surface area contributed by atoms with Crippen LogP contribution in [0.1, 0.15) is 35.0 Å². The summed E-state index contributed by atoms with van der Waals surface area (Å²) in [7, 11) is 0. The van der Waals surface area contributed by atoms with E-state index in [1.165, 1.54) is 18.2 Å². The first-order valence-electron chi connectivity index (χ1n) is 8.97. The van der Waals surface area contributed by atoms with Crippen molar-refractivity contribution in [3.63, 3.8) is 0 Å². The van der Waals surface area contributed by atoms with E-state index in [1.807, 2.05) is 0 Å². The molecule has 0 bridgehead atoms. The third kappa shape index (κ3) is 5.20. The van der Waals surface area contributed by atoms with Crippen LogP contribution in [0.3, 0.4) is 0 Å². The Bertz CT molecular complexity index is 1000. The molecule has 8 heteroatoms. The third-order valence-electron chi connectivity index (χ3n) is 4.26. The van der Waals surface area contributed by atoms with Gasteiger partial charge in [-0.2, -0.15) is 0 Å². The fourth-order valence-electron chi connectivity index (χ4n) is 2.75. The summed E-state index contributed by atoms with van der Waals surface area (Å²) < 4.78 is 29.1. The standard InChI is InChI=1S/C21H18BrFO6/c1-2-19(24)27-11-12-4-3-5-17-13(8-12)9-15(20(25)28-17)21(26)29-18-10-14(23)6-7-16(18)22/h3-4,6-10,16,18H,2,5,11H2,1H3. The Morgan fingerprint density at radius 1 is 1.34 bits per heavy atom. The van der Waals surface area contributed by atoms with E-state index in [4.69, 9.17) is 13.9 Å². The second-order valence-electron chi connectivity index (χ2n) is 6.39. The Labute approximate surface area is 174 Å². The lowest BCUT2D eigenvalue weighted by atomic mass is 10.1. The number of alkyl halides is 1. The number of fused-ring (bicyclic) bond motifs is 1. The number of hydrogen-bond donors (Lipinski definition) is 0. The zero-order valence-electron chi connectivity index (χ0n) is 15.5. The van der Waals surface area contributed by atoms with E-state index in [2.05, 4.69) is 15.9 Å². The highest BCUT2D eigenvalue weighted by atomic mass is 79.9. The lowest BCUT2D eigenvalue weighted by molar-refractivity contribution is -0.142. The Morgan fingerprint density at radius 2 is 2.14 bits per heavy atom. The molecule has 1 heterocycles. The lowest BCUT2D eigenvalue weighted by Crippen LogP contribution is -2.28. The molecule has 152 valence electrons. The average molecular weight is 465 g/mol. The van der Waals surface area contributed by atoms with Gasteiger partial charge in [0, 0.05) is 18.4 Å². The summed E-state index contributed by atoms with van der Waals surface area (Å²) >= 11 is 3.28. The first kappa shape index (κ1) is 21.0. The van der Waals surface area contributed by atoms with Gasteiger partial charge in [-0.05, 0) is 29.9 Å². The van der Waals surface area contributed by atoms with Crippen LogP contribution in [0.25, 0.3) is 6.08 Å². The summed E-state index contributed by atoms with van der Waals surface area (Å²) in [6.45, 7) is 1.76. The monoisotopic (exact) mass is 464 g/mol. The van der Waals surface area contributed by atoms with E-state index < -0.39 is 28.4 Å². The van der Waals surface area contributed by atoms with Crippen molar-refractivity contribution in [2.24, 2.45) is 0 Å². The highest BCUT2D eigenvalue weighted by Gasteiger charge is 2.26. The van der Waals surface area contributed by atoms with Gasteiger partial charge in [-0.3, -0.25) is 4.79 Å². The molecule has 0 aliphatic heterocycles. The van der Waals surface area contributed by atoms with Crippen molar-refractivity contribution in [2.45, 2.75) is 30.7 Å². The molecule has 1 aromatic heterocycles. The largest absolute Gasteiger partial charge is 0.461 e. The lowest BCUT2D eigenvalue weighted by Gasteiger charge is -2.20. The maximum atomic E-state index is 13.4. The van der Waals surface area contributed by atoms with Gasteiger partial charge in [0.25, 0.3) is 0 Å². The zero-order valence-corrected chi connectivity index (χ0v) is 17.1. The van der Waals surface area contributed by atoms with E-state index in [0.29, 0.717) is 23.3 Å². The van der Waals surface area contributed by atoms with E-state index in [-0.39, 0.29) is 24.6 Å². The minimum Gasteiger partial charge on any atom is -0.461 e. The highest BCUT2D eigenvalue weighted by molar-refractivity contribution is 9.09. The molecule has 2 aliphatic rings. The van der Waals surface area contributed by atoms with Crippen LogP contribution in [0, 0.1) is 0 Å². The average Bonchev–Trinajstić information content (AvgIpc) is 2.89. The van der Waals surface area contributed by atoms with Gasteiger partial charge in [0.2, 0.25) is 0 Å². The molecule has 2 unspecified atom stereocenters. The van der Waals surface area contributed by atoms with Gasteiger partial charge < -0.3 is 13.9 Å². The SMILES string of the molecule is CCC(=O)OCC1=Cc2cc(C(=O)OC3C=C(F)C=CC3Br)c(=O)oc2CC=C1. The summed E-state index contributed by atoms with van der Waals surface area (Å²) in [6, 6.07) is 1.38. The second kappa shape index (κ2) is 9.17. The predicted molar refractivity (Wildman–Crippen MR) is 107 cm³/mol. The van der Waals surface area contributed by atoms with Crippen LogP contribution in [0.4, 0.5) is 4.39 Å². The molecule has 29 heavy (non-hydrogen) atoms. The highest BCUT2D eigenvalue weighted by Crippen LogP contribution is 2.23. The number of halogens is 2. The van der Waals surface area contributed by atoms with Crippen molar-refractivity contribution in [1.82, 2.24) is 0 Å². The maximum Gasteiger partial charge on any atom is 0.350 e. The molecule has 0 saturated heterocycles. The molecule has 2 aliphatic carbocycles. The molecule has 1 aromatic rings. The van der Waals surface area contributed by atoms with Crippen LogP contribution >= 0.6 is 15.9 Å². The second-order valence-corrected chi connectivity index (χ2v) is 7.45. The number of carbonyl (C=O) groups is 2. The molecular formula is C21H18BrFO6. The van der Waals surface area contributed by atoms with Gasteiger partial charge >= 0.3 is 17.6 Å². The molecule has 0 fully saturated rings. The Morgan fingerprint density at radius 3 is 2.90 bits per heavy atom. The molecule has 0 aromatic carbocycles. The van der Waals surface area contributed by atoms with Gasteiger partial charge in [0.15, 0.2) is 0 Å². The van der Waals surface area contributed by atoms with Crippen molar-refractivity contribution < 1.29 is 27.9 Å². The number of hydrogen-bond acceptors (Lipinski definition) is 6. The minimum atomic E-state index is -0.917. The van der Waals surface area contributed by atoms with Crippen molar-refractivity contribution >= 4 is 33.9 Å². The molecule has 0 amide bonds. The first-order chi connectivity index (χ1) is 13.9. The first-order valence-corrected chi connectivity index (χ1v) is 9.89. The van der Waals surface area contributed by atoms with Crippen LogP contribution in [0.5, 0.6) is 0 Å². The predicted octanol–water partition coefficient (Wildman–Crippen LogP) is 3.80. The molecule has 0 N–H and O–H groups in total. The van der Waals surface area contributed by atoms with Crippen LogP contribution in [-0.4, -0.2) is 29.5 Å². The minimum absolute atomic E-state index is 0.0608. The van der Waals surface area contributed by atoms with E-state index in [1.54, 1.807) is 25.2 Å². The number of carbonyl (C=O) groups excluding carboxylic acids is 2. The van der Waals surface area contributed by atoms with E-state index in [0.717, 1.165) is 6.08 Å². The zero-order chi connectivity index (χ0) is 21.0. The fraction of sp³-hybridized carbons (Fsp3) is 0.286. The molecule has 6 nitrogen and oxygen atoms in total. The molecule has 0 spiro atoms. The molecule has 2 atom stereocenters. The summed E-state index contributed by atoms with van der Waals surface area (Å²) in [5, 5.41) is 0. The summed E-state index contributed by atoms with van der Waals surface area (Å²) in [5.74, 6) is -1.41. The normalized spacial score (nSPS) is 20.2. The number of ether oxygens (including phenoxy) is 2. The van der Waals surface area contributed by atoms with Gasteiger partial charge in [-0.25, -0.2) is 14.0 Å². The molecule has 0 saturated carbocycles. The van der Waals surface area contributed by atoms with E-state index >= 15 is 0 Å². The Balaban J connectivity index is 1.84. The topological polar surface area (TPSA) is 82.8 Å². The summed E-state index contributed by atoms with van der Waals surface area (Å²) in [6.07, 6.45) is 8.83. The van der Waals surface area contributed by atoms with Crippen LogP contribution < -0.4 is 5.63 Å². The van der Waals surface area contributed by atoms with Crippen LogP contribution in [0.15, 0.2) is 57.1 Å². The summed E-state index contributed by atoms with van der Waals surface area (Å²) in [5.41, 5.74) is 0.0552. The van der Waals surface area contributed by atoms with Gasteiger partial charge in [0.05, 0.1) is 4.83 Å². The van der Waals surface area contributed by atoms with Crippen molar-refractivity contribution in [1.29, 1.82) is 0 Å². The van der Waals surface area contributed by atoms with Gasteiger partial charge in [0.1, 0.15) is 29.9 Å². The third-order valence-corrected chi connectivity index (χ3v) is 5.09. The number of allylic oxidation sites excluding steroid dienone is 3. The van der Waals surface area contributed by atoms with Crippen LogP contribution in [0.2, 0.25) is 0 Å². The van der Waals surface area contributed by atoms with Crippen molar-refractivity contribution in [3.05, 3.63) is 75.2 Å². The quantitative estimate of drug-likeness (QED) is 0.486. The van der Waals surface area contributed by atoms with E-state index in [9.17, 15) is 18.8 Å². The fourth-order valence-corrected chi connectivity index (χ4v) is 3.16. The summed E-state index contributed by atoms with van der Waals surface area (Å²) in [4.78, 5) is 35.7.